The summed E-state index contributed by atoms with van der Waals surface area (Å²) in [6.07, 6.45) is 3.58. The van der Waals surface area contributed by atoms with E-state index in [1.807, 2.05) is 23.9 Å². The van der Waals surface area contributed by atoms with Crippen LogP contribution in [0.2, 0.25) is 0 Å². The Morgan fingerprint density at radius 1 is 1.13 bits per heavy atom. The molecule has 0 aliphatic heterocycles. The molecule has 2 nitrogen and oxygen atoms in total. The van der Waals surface area contributed by atoms with Crippen LogP contribution in [0.15, 0.2) is 29.2 Å². The third-order valence-corrected chi connectivity index (χ3v) is 3.20. The van der Waals surface area contributed by atoms with Crippen molar-refractivity contribution in [3.8, 4) is 5.75 Å². The molecule has 0 fully saturated rings. The molecule has 1 aromatic rings. The predicted octanol–water partition coefficient (Wildman–Crippen LogP) is 3.30. The van der Waals surface area contributed by atoms with Gasteiger partial charge in [0.1, 0.15) is 5.75 Å². The van der Waals surface area contributed by atoms with E-state index in [9.17, 15) is 0 Å². The first-order valence-corrected chi connectivity index (χ1v) is 6.22. The third-order valence-electron chi connectivity index (χ3n) is 2.10. The van der Waals surface area contributed by atoms with Gasteiger partial charge >= 0.3 is 0 Å². The van der Waals surface area contributed by atoms with E-state index in [1.54, 1.807) is 19.2 Å². The van der Waals surface area contributed by atoms with Crippen molar-refractivity contribution >= 4 is 11.8 Å². The summed E-state index contributed by atoms with van der Waals surface area (Å²) in [7, 11) is 1.74. The van der Waals surface area contributed by atoms with Gasteiger partial charge in [-0.05, 0) is 42.9 Å². The molecule has 84 valence electrons. The highest BCUT2D eigenvalue weighted by Gasteiger charge is 1.94. The highest BCUT2D eigenvalue weighted by Crippen LogP contribution is 2.21. The van der Waals surface area contributed by atoms with Crippen molar-refractivity contribution in [3.05, 3.63) is 24.3 Å². The number of thioether (sulfide) groups is 1. The van der Waals surface area contributed by atoms with Crippen molar-refractivity contribution in [1.29, 1.82) is 0 Å². The second-order valence-electron chi connectivity index (χ2n) is 3.40. The number of ether oxygens (including phenoxy) is 1. The monoisotopic (exact) mass is 226 g/mol. The van der Waals surface area contributed by atoms with Gasteiger partial charge in [0.25, 0.3) is 0 Å². The van der Waals surface area contributed by atoms with Crippen LogP contribution in [0.3, 0.4) is 0 Å². The molecular formula is C12H18O2S. The van der Waals surface area contributed by atoms with E-state index >= 15 is 0 Å². The van der Waals surface area contributed by atoms with Crippen LogP contribution in [-0.4, -0.2) is 24.6 Å². The molecule has 0 spiro atoms. The average molecular weight is 226 g/mol. The van der Waals surface area contributed by atoms with Crippen molar-refractivity contribution in [2.45, 2.75) is 24.2 Å². The van der Waals surface area contributed by atoms with Gasteiger partial charge in [-0.25, -0.2) is 0 Å². The van der Waals surface area contributed by atoms with Crippen molar-refractivity contribution < 1.29 is 9.84 Å². The lowest BCUT2D eigenvalue weighted by Gasteiger charge is -2.02. The molecule has 0 amide bonds. The lowest BCUT2D eigenvalue weighted by atomic mass is 10.3. The summed E-state index contributed by atoms with van der Waals surface area (Å²) in [5.41, 5.74) is 0. The molecule has 0 aliphatic rings. The van der Waals surface area contributed by atoms with Crippen LogP contribution >= 0.6 is 11.8 Å². The number of phenols is 1. The molecule has 0 unspecified atom stereocenters. The van der Waals surface area contributed by atoms with Gasteiger partial charge in [-0.2, -0.15) is 0 Å². The first-order valence-electron chi connectivity index (χ1n) is 5.23. The number of phenolic OH excluding ortho intramolecular Hbond substituents is 1. The van der Waals surface area contributed by atoms with Gasteiger partial charge < -0.3 is 9.84 Å². The number of hydrogen-bond acceptors (Lipinski definition) is 3. The minimum atomic E-state index is 0.333. The fourth-order valence-electron chi connectivity index (χ4n) is 1.26. The largest absolute Gasteiger partial charge is 0.508 e. The second kappa shape index (κ2) is 7.60. The maximum atomic E-state index is 9.10. The van der Waals surface area contributed by atoms with E-state index in [2.05, 4.69) is 0 Å². The molecule has 1 N–H and O–H groups in total. The molecular weight excluding hydrogens is 208 g/mol. The topological polar surface area (TPSA) is 29.5 Å². The molecule has 15 heavy (non-hydrogen) atoms. The zero-order chi connectivity index (χ0) is 10.9. The highest BCUT2D eigenvalue weighted by molar-refractivity contribution is 7.99. The zero-order valence-corrected chi connectivity index (χ0v) is 9.93. The SMILES string of the molecule is COCCCCCSc1ccc(O)cc1. The summed E-state index contributed by atoms with van der Waals surface area (Å²) in [5, 5.41) is 9.10. The van der Waals surface area contributed by atoms with Crippen LogP contribution in [0.1, 0.15) is 19.3 Å². The van der Waals surface area contributed by atoms with E-state index < -0.39 is 0 Å². The second-order valence-corrected chi connectivity index (χ2v) is 4.56. The van der Waals surface area contributed by atoms with Crippen LogP contribution in [0, 0.1) is 0 Å². The Morgan fingerprint density at radius 2 is 1.87 bits per heavy atom. The van der Waals surface area contributed by atoms with Gasteiger partial charge in [0.2, 0.25) is 0 Å². The smallest absolute Gasteiger partial charge is 0.115 e. The van der Waals surface area contributed by atoms with Crippen LogP contribution in [0.5, 0.6) is 5.75 Å². The van der Waals surface area contributed by atoms with Crippen LogP contribution in [0.4, 0.5) is 0 Å². The molecule has 0 bridgehead atoms. The van der Waals surface area contributed by atoms with Crippen LogP contribution < -0.4 is 0 Å². The lowest BCUT2D eigenvalue weighted by Crippen LogP contribution is -1.89. The molecule has 0 atom stereocenters. The summed E-state index contributed by atoms with van der Waals surface area (Å²) < 4.78 is 4.99. The number of rotatable bonds is 7. The van der Waals surface area contributed by atoms with Crippen molar-refractivity contribution in [1.82, 2.24) is 0 Å². The summed E-state index contributed by atoms with van der Waals surface area (Å²) >= 11 is 1.84. The Labute approximate surface area is 95.7 Å². The summed E-state index contributed by atoms with van der Waals surface area (Å²) in [6, 6.07) is 7.37. The quantitative estimate of drug-likeness (QED) is 0.571. The Bertz CT molecular complexity index is 259. The van der Waals surface area contributed by atoms with E-state index in [-0.39, 0.29) is 0 Å². The van der Waals surface area contributed by atoms with Crippen molar-refractivity contribution in [3.63, 3.8) is 0 Å². The number of methoxy groups -OCH3 is 1. The molecule has 1 rings (SSSR count). The van der Waals surface area contributed by atoms with Gasteiger partial charge in [-0.15, -0.1) is 11.8 Å². The minimum absolute atomic E-state index is 0.333. The average Bonchev–Trinajstić information content (AvgIpc) is 2.26. The molecule has 3 heteroatoms. The molecule has 0 aromatic heterocycles. The summed E-state index contributed by atoms with van der Waals surface area (Å²) in [5.74, 6) is 1.47. The lowest BCUT2D eigenvalue weighted by molar-refractivity contribution is 0.192. The molecule has 0 heterocycles. The third kappa shape index (κ3) is 5.70. The molecule has 0 radical (unpaired) electrons. The number of benzene rings is 1. The first kappa shape index (κ1) is 12.4. The Kier molecular flexibility index (Phi) is 6.28. The maximum absolute atomic E-state index is 9.10. The van der Waals surface area contributed by atoms with Crippen molar-refractivity contribution in [2.75, 3.05) is 19.5 Å². The fourth-order valence-corrected chi connectivity index (χ4v) is 2.17. The fraction of sp³-hybridized carbons (Fsp3) is 0.500. The number of aromatic hydroxyl groups is 1. The molecule has 0 saturated heterocycles. The Hall–Kier alpha value is -0.670. The van der Waals surface area contributed by atoms with E-state index in [4.69, 9.17) is 9.84 Å². The molecule has 1 aromatic carbocycles. The molecule has 0 saturated carbocycles. The maximum Gasteiger partial charge on any atom is 0.115 e. The normalized spacial score (nSPS) is 10.5. The Balaban J connectivity index is 2.07. The standard InChI is InChI=1S/C12H18O2S/c1-14-9-3-2-4-10-15-12-7-5-11(13)6-8-12/h5-8,13H,2-4,9-10H2,1H3. The zero-order valence-electron chi connectivity index (χ0n) is 9.11. The summed E-state index contributed by atoms with van der Waals surface area (Å²) in [4.78, 5) is 1.22. The van der Waals surface area contributed by atoms with Crippen LogP contribution in [-0.2, 0) is 4.74 Å². The van der Waals surface area contributed by atoms with E-state index in [0.29, 0.717) is 5.75 Å². The number of unbranched alkanes of at least 4 members (excludes halogenated alkanes) is 2. The van der Waals surface area contributed by atoms with Gasteiger partial charge in [-0.1, -0.05) is 6.42 Å². The Morgan fingerprint density at radius 3 is 2.53 bits per heavy atom. The molecule has 0 aliphatic carbocycles. The van der Waals surface area contributed by atoms with Gasteiger partial charge in [0.05, 0.1) is 0 Å². The van der Waals surface area contributed by atoms with Gasteiger partial charge in [-0.3, -0.25) is 0 Å². The summed E-state index contributed by atoms with van der Waals surface area (Å²) in [6.45, 7) is 0.865. The van der Waals surface area contributed by atoms with E-state index in [1.165, 1.54) is 17.7 Å². The highest BCUT2D eigenvalue weighted by atomic mass is 32.2. The minimum Gasteiger partial charge on any atom is -0.508 e. The van der Waals surface area contributed by atoms with Crippen molar-refractivity contribution in [2.24, 2.45) is 0 Å². The van der Waals surface area contributed by atoms with Crippen LogP contribution in [0.25, 0.3) is 0 Å². The first-order chi connectivity index (χ1) is 7.33. The van der Waals surface area contributed by atoms with E-state index in [0.717, 1.165) is 18.8 Å². The van der Waals surface area contributed by atoms with Gasteiger partial charge in [0, 0.05) is 18.6 Å². The number of hydrogen-bond donors (Lipinski definition) is 1. The predicted molar refractivity (Wildman–Crippen MR) is 64.6 cm³/mol. The van der Waals surface area contributed by atoms with Gasteiger partial charge in [0.15, 0.2) is 0 Å².